The normalized spacial score (nSPS) is 16.0. The summed E-state index contributed by atoms with van der Waals surface area (Å²) in [6.45, 7) is 8.55. The molecule has 0 aliphatic carbocycles. The Kier molecular flexibility index (Phi) is 6.51. The van der Waals surface area contributed by atoms with Crippen LogP contribution in [-0.4, -0.2) is 35.8 Å². The fourth-order valence-corrected chi connectivity index (χ4v) is 3.58. The quantitative estimate of drug-likeness (QED) is 0.489. The van der Waals surface area contributed by atoms with E-state index < -0.39 is 0 Å². The van der Waals surface area contributed by atoms with Crippen molar-refractivity contribution in [2.45, 2.75) is 13.8 Å². The Bertz CT molecular complexity index is 702. The van der Waals surface area contributed by atoms with Crippen molar-refractivity contribution in [3.63, 3.8) is 0 Å². The van der Waals surface area contributed by atoms with E-state index in [1.165, 1.54) is 6.08 Å². The number of imide groups is 1. The molecule has 1 aromatic carbocycles. The van der Waals surface area contributed by atoms with E-state index in [0.29, 0.717) is 29.6 Å². The summed E-state index contributed by atoms with van der Waals surface area (Å²) < 4.78 is 11.9. The van der Waals surface area contributed by atoms with Gasteiger partial charge in [-0.2, -0.15) is 0 Å². The molecule has 1 saturated heterocycles. The van der Waals surface area contributed by atoms with E-state index >= 15 is 0 Å². The third-order valence-electron chi connectivity index (χ3n) is 3.10. The van der Waals surface area contributed by atoms with E-state index in [2.05, 4.69) is 22.5 Å². The highest BCUT2D eigenvalue weighted by atomic mass is 79.9. The first-order chi connectivity index (χ1) is 11.5. The van der Waals surface area contributed by atoms with Gasteiger partial charge >= 0.3 is 0 Å². The van der Waals surface area contributed by atoms with E-state index in [1.807, 2.05) is 19.9 Å². The molecule has 0 aromatic heterocycles. The van der Waals surface area contributed by atoms with Crippen molar-refractivity contribution in [1.82, 2.24) is 4.90 Å². The summed E-state index contributed by atoms with van der Waals surface area (Å²) in [7, 11) is 0. The highest BCUT2D eigenvalue weighted by Gasteiger charge is 2.34. The Morgan fingerprint density at radius 1 is 1.25 bits per heavy atom. The van der Waals surface area contributed by atoms with Gasteiger partial charge in [0.25, 0.3) is 11.1 Å². The van der Waals surface area contributed by atoms with Gasteiger partial charge in [-0.25, -0.2) is 0 Å². The SMILES string of the molecule is C=CCN1C(=O)S/C(=C/c2cc(Br)c(OCC)c(OCC)c2)C1=O. The first-order valence-corrected chi connectivity index (χ1v) is 9.08. The van der Waals surface area contributed by atoms with Crippen LogP contribution in [0.3, 0.4) is 0 Å². The lowest BCUT2D eigenvalue weighted by Gasteiger charge is -2.13. The molecule has 1 heterocycles. The molecule has 24 heavy (non-hydrogen) atoms. The number of ether oxygens (including phenoxy) is 2. The standard InChI is InChI=1S/C17H18BrNO4S/c1-4-7-19-16(20)14(24-17(19)21)10-11-8-12(18)15(23-6-3)13(9-11)22-5-2/h4,8-10H,1,5-7H2,2-3H3/b14-10+. The minimum Gasteiger partial charge on any atom is -0.490 e. The fourth-order valence-electron chi connectivity index (χ4n) is 2.16. The third-order valence-corrected chi connectivity index (χ3v) is 4.60. The number of hydrogen-bond donors (Lipinski definition) is 0. The van der Waals surface area contributed by atoms with E-state index in [9.17, 15) is 9.59 Å². The zero-order chi connectivity index (χ0) is 17.7. The smallest absolute Gasteiger partial charge is 0.293 e. The summed E-state index contributed by atoms with van der Waals surface area (Å²) in [6.07, 6.45) is 3.21. The zero-order valence-electron chi connectivity index (χ0n) is 13.5. The summed E-state index contributed by atoms with van der Waals surface area (Å²) in [5.41, 5.74) is 0.748. The van der Waals surface area contributed by atoms with E-state index in [4.69, 9.17) is 9.47 Å². The molecule has 5 nitrogen and oxygen atoms in total. The van der Waals surface area contributed by atoms with Crippen LogP contribution >= 0.6 is 27.7 Å². The average Bonchev–Trinajstić information content (AvgIpc) is 2.79. The molecular formula is C17H18BrNO4S. The largest absolute Gasteiger partial charge is 0.490 e. The monoisotopic (exact) mass is 411 g/mol. The van der Waals surface area contributed by atoms with Gasteiger partial charge < -0.3 is 9.47 Å². The van der Waals surface area contributed by atoms with E-state index in [0.717, 1.165) is 26.7 Å². The topological polar surface area (TPSA) is 55.8 Å². The maximum atomic E-state index is 12.3. The average molecular weight is 412 g/mol. The predicted molar refractivity (Wildman–Crippen MR) is 99.4 cm³/mol. The lowest BCUT2D eigenvalue weighted by molar-refractivity contribution is -0.122. The molecule has 7 heteroatoms. The maximum absolute atomic E-state index is 12.3. The van der Waals surface area contributed by atoms with Gasteiger partial charge in [-0.1, -0.05) is 6.08 Å². The molecule has 1 aliphatic heterocycles. The molecule has 2 amide bonds. The number of nitrogens with zero attached hydrogens (tertiary/aromatic N) is 1. The van der Waals surface area contributed by atoms with Gasteiger partial charge in [-0.15, -0.1) is 6.58 Å². The molecular weight excluding hydrogens is 394 g/mol. The van der Waals surface area contributed by atoms with Crippen LogP contribution in [0.25, 0.3) is 6.08 Å². The molecule has 0 atom stereocenters. The van der Waals surface area contributed by atoms with Crippen molar-refractivity contribution in [2.75, 3.05) is 19.8 Å². The van der Waals surface area contributed by atoms with Crippen LogP contribution in [0, 0.1) is 0 Å². The number of amides is 2. The van der Waals surface area contributed by atoms with Crippen molar-refractivity contribution in [2.24, 2.45) is 0 Å². The maximum Gasteiger partial charge on any atom is 0.293 e. The van der Waals surface area contributed by atoms with Gasteiger partial charge in [-0.3, -0.25) is 14.5 Å². The molecule has 1 aromatic rings. The van der Waals surface area contributed by atoms with Crippen LogP contribution in [0.5, 0.6) is 11.5 Å². The Balaban J connectivity index is 2.37. The van der Waals surface area contributed by atoms with Crippen LogP contribution in [0.4, 0.5) is 4.79 Å². The van der Waals surface area contributed by atoms with Crippen molar-refractivity contribution in [1.29, 1.82) is 0 Å². The molecule has 0 N–H and O–H groups in total. The van der Waals surface area contributed by atoms with Gasteiger partial charge in [0.05, 0.1) is 22.6 Å². The Hall–Kier alpha value is -1.73. The van der Waals surface area contributed by atoms with Crippen LogP contribution in [0.15, 0.2) is 34.2 Å². The molecule has 0 radical (unpaired) electrons. The van der Waals surface area contributed by atoms with Gasteiger partial charge in [-0.05, 0) is 65.3 Å². The summed E-state index contributed by atoms with van der Waals surface area (Å²) in [5.74, 6) is 0.898. The summed E-state index contributed by atoms with van der Waals surface area (Å²) in [6, 6.07) is 3.62. The minimum atomic E-state index is -0.312. The summed E-state index contributed by atoms with van der Waals surface area (Å²) in [5, 5.41) is -0.291. The van der Waals surface area contributed by atoms with Crippen molar-refractivity contribution in [3.05, 3.63) is 39.7 Å². The number of benzene rings is 1. The number of rotatable bonds is 7. The molecule has 2 rings (SSSR count). The lowest BCUT2D eigenvalue weighted by atomic mass is 10.2. The van der Waals surface area contributed by atoms with Crippen LogP contribution in [-0.2, 0) is 4.79 Å². The first kappa shape index (κ1) is 18.6. The molecule has 0 bridgehead atoms. The number of hydrogen-bond acceptors (Lipinski definition) is 5. The van der Waals surface area contributed by atoms with Crippen LogP contribution < -0.4 is 9.47 Å². The first-order valence-electron chi connectivity index (χ1n) is 7.47. The number of thioether (sulfide) groups is 1. The Morgan fingerprint density at radius 3 is 2.58 bits per heavy atom. The van der Waals surface area contributed by atoms with E-state index in [1.54, 1.807) is 12.1 Å². The summed E-state index contributed by atoms with van der Waals surface area (Å²) >= 11 is 4.38. The lowest BCUT2D eigenvalue weighted by Crippen LogP contribution is -2.27. The molecule has 0 spiro atoms. The number of carbonyl (C=O) groups excluding carboxylic acids is 2. The van der Waals surface area contributed by atoms with Gasteiger partial charge in [0, 0.05) is 6.54 Å². The molecule has 0 unspecified atom stereocenters. The van der Waals surface area contributed by atoms with Crippen molar-refractivity contribution in [3.8, 4) is 11.5 Å². The molecule has 0 saturated carbocycles. The fraction of sp³-hybridized carbons (Fsp3) is 0.294. The number of carbonyl (C=O) groups is 2. The third kappa shape index (κ3) is 4.02. The molecule has 1 fully saturated rings. The van der Waals surface area contributed by atoms with Crippen LogP contribution in [0.2, 0.25) is 0 Å². The second-order valence-corrected chi connectivity index (χ2v) is 6.62. The van der Waals surface area contributed by atoms with E-state index in [-0.39, 0.29) is 17.7 Å². The second kappa shape index (κ2) is 8.39. The molecule has 128 valence electrons. The molecule has 1 aliphatic rings. The Labute approximate surface area is 153 Å². The predicted octanol–water partition coefficient (Wildman–Crippen LogP) is 4.47. The minimum absolute atomic E-state index is 0.208. The van der Waals surface area contributed by atoms with Crippen LogP contribution in [0.1, 0.15) is 19.4 Å². The van der Waals surface area contributed by atoms with Crippen molar-refractivity contribution < 1.29 is 19.1 Å². The van der Waals surface area contributed by atoms with Gasteiger partial charge in [0.1, 0.15) is 0 Å². The van der Waals surface area contributed by atoms with Crippen molar-refractivity contribution >= 4 is 44.9 Å². The van der Waals surface area contributed by atoms with Gasteiger partial charge in [0.15, 0.2) is 11.5 Å². The Morgan fingerprint density at radius 2 is 1.96 bits per heavy atom. The highest BCUT2D eigenvalue weighted by molar-refractivity contribution is 9.10. The highest BCUT2D eigenvalue weighted by Crippen LogP contribution is 2.39. The second-order valence-electron chi connectivity index (χ2n) is 4.78. The van der Waals surface area contributed by atoms with Gasteiger partial charge in [0.2, 0.25) is 0 Å². The summed E-state index contributed by atoms with van der Waals surface area (Å²) in [4.78, 5) is 25.7. The number of halogens is 1. The zero-order valence-corrected chi connectivity index (χ0v) is 15.9.